The standard InChI is InChI=1S/C21H36N4O2/c1-3-4-13-26-14-7-10-23-21(22-2)24-17-19-8-5-6-9-20(19)18-25-11-15-27-16-12-25/h5-6,8-9H,3-4,7,10-18H2,1-2H3,(H2,22,23,24). The van der Waals surface area contributed by atoms with Crippen molar-refractivity contribution in [3.05, 3.63) is 35.4 Å². The molecule has 1 aromatic rings. The first kappa shape index (κ1) is 21.7. The van der Waals surface area contributed by atoms with Gasteiger partial charge in [0, 0.05) is 53.0 Å². The van der Waals surface area contributed by atoms with Gasteiger partial charge in [0.1, 0.15) is 0 Å². The summed E-state index contributed by atoms with van der Waals surface area (Å²) in [7, 11) is 1.81. The predicted octanol–water partition coefficient (Wildman–Crippen LogP) is 2.39. The van der Waals surface area contributed by atoms with Crippen LogP contribution in [0.25, 0.3) is 0 Å². The summed E-state index contributed by atoms with van der Waals surface area (Å²) in [6.07, 6.45) is 3.31. The zero-order valence-corrected chi connectivity index (χ0v) is 17.0. The maximum atomic E-state index is 5.59. The Morgan fingerprint density at radius 3 is 2.59 bits per heavy atom. The van der Waals surface area contributed by atoms with E-state index >= 15 is 0 Å². The Morgan fingerprint density at radius 2 is 1.85 bits per heavy atom. The van der Waals surface area contributed by atoms with E-state index in [2.05, 4.69) is 51.7 Å². The molecule has 6 nitrogen and oxygen atoms in total. The van der Waals surface area contributed by atoms with Crippen LogP contribution in [0.4, 0.5) is 0 Å². The summed E-state index contributed by atoms with van der Waals surface area (Å²) in [5.74, 6) is 0.838. The van der Waals surface area contributed by atoms with Crippen LogP contribution in [0.3, 0.4) is 0 Å². The Morgan fingerprint density at radius 1 is 1.11 bits per heavy atom. The highest BCUT2D eigenvalue weighted by Crippen LogP contribution is 2.13. The fourth-order valence-corrected chi connectivity index (χ4v) is 3.01. The molecule has 1 aliphatic heterocycles. The Labute approximate surface area is 164 Å². The molecule has 0 atom stereocenters. The average molecular weight is 377 g/mol. The Kier molecular flexibility index (Phi) is 10.9. The smallest absolute Gasteiger partial charge is 0.191 e. The maximum Gasteiger partial charge on any atom is 0.191 e. The van der Waals surface area contributed by atoms with Crippen LogP contribution < -0.4 is 10.6 Å². The second-order valence-corrected chi connectivity index (χ2v) is 6.83. The number of guanidine groups is 1. The van der Waals surface area contributed by atoms with E-state index in [0.29, 0.717) is 0 Å². The lowest BCUT2D eigenvalue weighted by atomic mass is 10.1. The van der Waals surface area contributed by atoms with E-state index in [1.54, 1.807) is 0 Å². The molecule has 2 N–H and O–H groups in total. The van der Waals surface area contributed by atoms with Crippen LogP contribution in [0.15, 0.2) is 29.3 Å². The minimum Gasteiger partial charge on any atom is -0.381 e. The summed E-state index contributed by atoms with van der Waals surface area (Å²) >= 11 is 0. The minimum atomic E-state index is 0.771. The number of hydrogen-bond acceptors (Lipinski definition) is 4. The number of nitrogens with zero attached hydrogens (tertiary/aromatic N) is 2. The zero-order chi connectivity index (χ0) is 19.2. The first-order valence-corrected chi connectivity index (χ1v) is 10.2. The molecule has 1 fully saturated rings. The van der Waals surface area contributed by atoms with Crippen LogP contribution in [-0.4, -0.2) is 64.0 Å². The van der Waals surface area contributed by atoms with Gasteiger partial charge in [0.2, 0.25) is 0 Å². The third-order valence-corrected chi connectivity index (χ3v) is 4.69. The lowest BCUT2D eigenvalue weighted by molar-refractivity contribution is 0.0341. The van der Waals surface area contributed by atoms with E-state index in [0.717, 1.165) is 78.0 Å². The first-order valence-electron chi connectivity index (χ1n) is 10.2. The van der Waals surface area contributed by atoms with Crippen LogP contribution >= 0.6 is 0 Å². The van der Waals surface area contributed by atoms with E-state index < -0.39 is 0 Å². The molecule has 0 amide bonds. The maximum absolute atomic E-state index is 5.59. The van der Waals surface area contributed by atoms with Gasteiger partial charge in [0.25, 0.3) is 0 Å². The topological polar surface area (TPSA) is 58.1 Å². The molecule has 6 heteroatoms. The molecule has 0 unspecified atom stereocenters. The lowest BCUT2D eigenvalue weighted by Gasteiger charge is -2.27. The number of unbranched alkanes of at least 4 members (excludes halogenated alkanes) is 1. The quantitative estimate of drug-likeness (QED) is 0.353. The molecule has 0 bridgehead atoms. The second-order valence-electron chi connectivity index (χ2n) is 6.83. The highest BCUT2D eigenvalue weighted by Gasteiger charge is 2.12. The molecule has 152 valence electrons. The summed E-state index contributed by atoms with van der Waals surface area (Å²) in [5.41, 5.74) is 2.68. The molecule has 0 aromatic heterocycles. The van der Waals surface area contributed by atoms with Crippen LogP contribution in [0.2, 0.25) is 0 Å². The highest BCUT2D eigenvalue weighted by molar-refractivity contribution is 5.79. The molecular weight excluding hydrogens is 340 g/mol. The normalized spacial score (nSPS) is 15.7. The zero-order valence-electron chi connectivity index (χ0n) is 17.0. The van der Waals surface area contributed by atoms with Crippen molar-refractivity contribution < 1.29 is 9.47 Å². The van der Waals surface area contributed by atoms with E-state index in [9.17, 15) is 0 Å². The number of rotatable bonds is 11. The number of ether oxygens (including phenoxy) is 2. The molecule has 0 spiro atoms. The van der Waals surface area contributed by atoms with E-state index in [-0.39, 0.29) is 0 Å². The molecule has 0 aliphatic carbocycles. The fourth-order valence-electron chi connectivity index (χ4n) is 3.01. The SMILES string of the molecule is CCCCOCCCNC(=NC)NCc1ccccc1CN1CCOCC1. The van der Waals surface area contributed by atoms with Crippen LogP contribution in [0, 0.1) is 0 Å². The lowest BCUT2D eigenvalue weighted by Crippen LogP contribution is -2.38. The second kappa shape index (κ2) is 13.5. The Balaban J connectivity index is 1.72. The van der Waals surface area contributed by atoms with Crippen molar-refractivity contribution in [2.75, 3.05) is 53.1 Å². The van der Waals surface area contributed by atoms with E-state index in [4.69, 9.17) is 9.47 Å². The van der Waals surface area contributed by atoms with Gasteiger partial charge in [-0.3, -0.25) is 9.89 Å². The average Bonchev–Trinajstić information content (AvgIpc) is 2.71. The molecule has 1 saturated heterocycles. The van der Waals surface area contributed by atoms with Gasteiger partial charge >= 0.3 is 0 Å². The number of nitrogens with one attached hydrogen (secondary N) is 2. The van der Waals surface area contributed by atoms with Crippen molar-refractivity contribution in [2.45, 2.75) is 39.3 Å². The molecule has 1 aliphatic rings. The molecule has 1 heterocycles. The Hall–Kier alpha value is -1.63. The van der Waals surface area contributed by atoms with Crippen molar-refractivity contribution in [2.24, 2.45) is 4.99 Å². The van der Waals surface area contributed by atoms with Crippen LogP contribution in [-0.2, 0) is 22.6 Å². The van der Waals surface area contributed by atoms with Gasteiger partial charge < -0.3 is 20.1 Å². The van der Waals surface area contributed by atoms with Gasteiger partial charge in [0.15, 0.2) is 5.96 Å². The molecule has 0 radical (unpaired) electrons. The summed E-state index contributed by atoms with van der Waals surface area (Å²) in [5, 5.41) is 6.79. The van der Waals surface area contributed by atoms with Crippen LogP contribution in [0.1, 0.15) is 37.3 Å². The van der Waals surface area contributed by atoms with Gasteiger partial charge in [-0.1, -0.05) is 37.6 Å². The van der Waals surface area contributed by atoms with Gasteiger partial charge in [0.05, 0.1) is 13.2 Å². The van der Waals surface area contributed by atoms with Crippen molar-refractivity contribution in [1.82, 2.24) is 15.5 Å². The third-order valence-electron chi connectivity index (χ3n) is 4.69. The van der Waals surface area contributed by atoms with E-state index in [1.807, 2.05) is 7.05 Å². The summed E-state index contributed by atoms with van der Waals surface area (Å²) in [6.45, 7) is 10.1. The van der Waals surface area contributed by atoms with Crippen molar-refractivity contribution in [1.29, 1.82) is 0 Å². The molecular formula is C21H36N4O2. The van der Waals surface area contributed by atoms with Crippen LogP contribution in [0.5, 0.6) is 0 Å². The molecule has 0 saturated carbocycles. The third kappa shape index (κ3) is 8.73. The number of benzene rings is 1. The number of hydrogen-bond donors (Lipinski definition) is 2. The van der Waals surface area contributed by atoms with Crippen molar-refractivity contribution in [3.63, 3.8) is 0 Å². The van der Waals surface area contributed by atoms with Crippen molar-refractivity contribution >= 4 is 5.96 Å². The fraction of sp³-hybridized carbons (Fsp3) is 0.667. The summed E-state index contributed by atoms with van der Waals surface area (Å²) in [4.78, 5) is 6.77. The number of aliphatic imine (C=N–C) groups is 1. The highest BCUT2D eigenvalue weighted by atomic mass is 16.5. The van der Waals surface area contributed by atoms with Gasteiger partial charge in [-0.05, 0) is 24.0 Å². The number of morpholine rings is 1. The van der Waals surface area contributed by atoms with E-state index in [1.165, 1.54) is 17.5 Å². The molecule has 2 rings (SSSR count). The largest absolute Gasteiger partial charge is 0.381 e. The van der Waals surface area contributed by atoms with Crippen molar-refractivity contribution in [3.8, 4) is 0 Å². The minimum absolute atomic E-state index is 0.771. The summed E-state index contributed by atoms with van der Waals surface area (Å²) < 4.78 is 11.0. The van der Waals surface area contributed by atoms with Gasteiger partial charge in [-0.2, -0.15) is 0 Å². The Bertz CT molecular complexity index is 545. The van der Waals surface area contributed by atoms with Gasteiger partial charge in [-0.15, -0.1) is 0 Å². The van der Waals surface area contributed by atoms with Gasteiger partial charge in [-0.25, -0.2) is 0 Å². The monoisotopic (exact) mass is 376 g/mol. The molecule has 27 heavy (non-hydrogen) atoms. The molecule has 1 aromatic carbocycles. The first-order chi connectivity index (χ1) is 13.3. The summed E-state index contributed by atoms with van der Waals surface area (Å²) in [6, 6.07) is 8.63. The predicted molar refractivity (Wildman–Crippen MR) is 111 cm³/mol.